The summed E-state index contributed by atoms with van der Waals surface area (Å²) in [4.78, 5) is 0. The number of hydrogen-bond donors (Lipinski definition) is 1. The zero-order valence-electron chi connectivity index (χ0n) is 8.16. The van der Waals surface area contributed by atoms with Crippen molar-refractivity contribution in [3.8, 4) is 5.75 Å². The summed E-state index contributed by atoms with van der Waals surface area (Å²) in [6.45, 7) is 2.78. The highest BCUT2D eigenvalue weighted by molar-refractivity contribution is 9.10. The number of hydrogen-bond acceptors (Lipinski definition) is 2. The SMILES string of the molecule is CC(N)C1COc2cc(Br)ccc2C1. The van der Waals surface area contributed by atoms with Gasteiger partial charge in [-0.15, -0.1) is 0 Å². The second-order valence-electron chi connectivity index (χ2n) is 3.89. The van der Waals surface area contributed by atoms with Gasteiger partial charge in [0.05, 0.1) is 6.61 Å². The van der Waals surface area contributed by atoms with Gasteiger partial charge in [-0.2, -0.15) is 0 Å². The molecule has 0 spiro atoms. The van der Waals surface area contributed by atoms with E-state index in [0.29, 0.717) is 5.92 Å². The van der Waals surface area contributed by atoms with Gasteiger partial charge in [0.2, 0.25) is 0 Å². The average molecular weight is 256 g/mol. The molecule has 2 atom stereocenters. The molecule has 0 bridgehead atoms. The summed E-state index contributed by atoms with van der Waals surface area (Å²) < 4.78 is 6.73. The summed E-state index contributed by atoms with van der Waals surface area (Å²) in [6.07, 6.45) is 1.03. The molecule has 0 aromatic heterocycles. The van der Waals surface area contributed by atoms with E-state index in [9.17, 15) is 0 Å². The van der Waals surface area contributed by atoms with Crippen LogP contribution in [0, 0.1) is 5.92 Å². The smallest absolute Gasteiger partial charge is 0.123 e. The highest BCUT2D eigenvalue weighted by atomic mass is 79.9. The Bertz CT molecular complexity index is 338. The molecule has 2 N–H and O–H groups in total. The Morgan fingerprint density at radius 1 is 1.57 bits per heavy atom. The molecular weight excluding hydrogens is 242 g/mol. The van der Waals surface area contributed by atoms with Gasteiger partial charge in [-0.3, -0.25) is 0 Å². The third-order valence-corrected chi connectivity index (χ3v) is 3.20. The molecule has 0 amide bonds. The second kappa shape index (κ2) is 3.91. The lowest BCUT2D eigenvalue weighted by Gasteiger charge is -2.27. The van der Waals surface area contributed by atoms with Crippen LogP contribution in [0.2, 0.25) is 0 Å². The van der Waals surface area contributed by atoms with E-state index in [1.54, 1.807) is 0 Å². The number of halogens is 1. The minimum Gasteiger partial charge on any atom is -0.493 e. The Labute approximate surface area is 92.6 Å². The maximum atomic E-state index is 5.86. The number of rotatable bonds is 1. The van der Waals surface area contributed by atoms with Crippen molar-refractivity contribution < 1.29 is 4.74 Å². The van der Waals surface area contributed by atoms with Gasteiger partial charge in [0.25, 0.3) is 0 Å². The molecule has 3 heteroatoms. The van der Waals surface area contributed by atoms with E-state index in [2.05, 4.69) is 22.0 Å². The third-order valence-electron chi connectivity index (χ3n) is 2.71. The first kappa shape index (κ1) is 9.99. The summed E-state index contributed by atoms with van der Waals surface area (Å²) in [5.41, 5.74) is 7.13. The summed E-state index contributed by atoms with van der Waals surface area (Å²) >= 11 is 3.43. The third kappa shape index (κ3) is 1.93. The van der Waals surface area contributed by atoms with Gasteiger partial charge in [0.15, 0.2) is 0 Å². The number of benzene rings is 1. The van der Waals surface area contributed by atoms with Crippen LogP contribution in [0.25, 0.3) is 0 Å². The molecule has 0 fully saturated rings. The molecule has 1 heterocycles. The quantitative estimate of drug-likeness (QED) is 0.837. The molecule has 0 saturated carbocycles. The minimum absolute atomic E-state index is 0.201. The van der Waals surface area contributed by atoms with E-state index < -0.39 is 0 Å². The van der Waals surface area contributed by atoms with Crippen LogP contribution in [0.1, 0.15) is 12.5 Å². The Hall–Kier alpha value is -0.540. The zero-order chi connectivity index (χ0) is 10.1. The molecular formula is C11H14BrNO. The lowest BCUT2D eigenvalue weighted by atomic mass is 9.92. The van der Waals surface area contributed by atoms with Crippen LogP contribution in [0.5, 0.6) is 5.75 Å². The summed E-state index contributed by atoms with van der Waals surface area (Å²) in [6, 6.07) is 6.37. The van der Waals surface area contributed by atoms with Gasteiger partial charge in [-0.25, -0.2) is 0 Å². The molecule has 1 aliphatic rings. The molecule has 1 aromatic carbocycles. The molecule has 2 rings (SSSR count). The highest BCUT2D eigenvalue weighted by Gasteiger charge is 2.22. The lowest BCUT2D eigenvalue weighted by molar-refractivity contribution is 0.204. The first-order valence-electron chi connectivity index (χ1n) is 4.83. The molecule has 0 radical (unpaired) electrons. The van der Waals surface area contributed by atoms with E-state index in [1.807, 2.05) is 19.1 Å². The van der Waals surface area contributed by atoms with Gasteiger partial charge in [-0.05, 0) is 31.0 Å². The van der Waals surface area contributed by atoms with E-state index in [1.165, 1.54) is 5.56 Å². The van der Waals surface area contributed by atoms with Crippen LogP contribution in [-0.2, 0) is 6.42 Å². The minimum atomic E-state index is 0.201. The van der Waals surface area contributed by atoms with Gasteiger partial charge < -0.3 is 10.5 Å². The number of fused-ring (bicyclic) bond motifs is 1. The first-order chi connectivity index (χ1) is 6.66. The van der Waals surface area contributed by atoms with E-state index in [0.717, 1.165) is 23.2 Å². The van der Waals surface area contributed by atoms with Crippen LogP contribution >= 0.6 is 15.9 Å². The Balaban J connectivity index is 2.23. The van der Waals surface area contributed by atoms with Crippen molar-refractivity contribution in [2.75, 3.05) is 6.61 Å². The van der Waals surface area contributed by atoms with Gasteiger partial charge in [0, 0.05) is 16.4 Å². The van der Waals surface area contributed by atoms with Gasteiger partial charge in [-0.1, -0.05) is 22.0 Å². The maximum Gasteiger partial charge on any atom is 0.123 e. The predicted molar refractivity (Wildman–Crippen MR) is 60.5 cm³/mol. The fourth-order valence-corrected chi connectivity index (χ4v) is 2.05. The second-order valence-corrected chi connectivity index (χ2v) is 4.80. The summed E-state index contributed by atoms with van der Waals surface area (Å²) in [5.74, 6) is 1.44. The van der Waals surface area contributed by atoms with E-state index in [-0.39, 0.29) is 6.04 Å². The van der Waals surface area contributed by atoms with Crippen molar-refractivity contribution in [1.82, 2.24) is 0 Å². The molecule has 0 saturated heterocycles. The van der Waals surface area contributed by atoms with Gasteiger partial charge >= 0.3 is 0 Å². The molecule has 1 aromatic rings. The van der Waals surface area contributed by atoms with Crippen molar-refractivity contribution in [2.24, 2.45) is 11.7 Å². The molecule has 76 valence electrons. The van der Waals surface area contributed by atoms with Crippen molar-refractivity contribution >= 4 is 15.9 Å². The Morgan fingerprint density at radius 2 is 2.36 bits per heavy atom. The molecule has 2 unspecified atom stereocenters. The summed E-state index contributed by atoms with van der Waals surface area (Å²) in [7, 11) is 0. The van der Waals surface area contributed by atoms with Crippen LogP contribution < -0.4 is 10.5 Å². The Kier molecular flexibility index (Phi) is 2.79. The number of ether oxygens (including phenoxy) is 1. The molecule has 0 aliphatic carbocycles. The van der Waals surface area contributed by atoms with Crippen LogP contribution in [0.3, 0.4) is 0 Å². The molecule has 14 heavy (non-hydrogen) atoms. The van der Waals surface area contributed by atoms with Crippen LogP contribution in [-0.4, -0.2) is 12.6 Å². The van der Waals surface area contributed by atoms with Crippen molar-refractivity contribution in [3.63, 3.8) is 0 Å². The fourth-order valence-electron chi connectivity index (χ4n) is 1.71. The van der Waals surface area contributed by atoms with Crippen molar-refractivity contribution in [1.29, 1.82) is 0 Å². The lowest BCUT2D eigenvalue weighted by Crippen LogP contribution is -2.35. The summed E-state index contributed by atoms with van der Waals surface area (Å²) in [5, 5.41) is 0. The largest absolute Gasteiger partial charge is 0.493 e. The molecule has 2 nitrogen and oxygen atoms in total. The normalized spacial score (nSPS) is 22.4. The highest BCUT2D eigenvalue weighted by Crippen LogP contribution is 2.30. The standard InChI is InChI=1S/C11H14BrNO/c1-7(13)9-4-8-2-3-10(12)5-11(8)14-6-9/h2-3,5,7,9H,4,6,13H2,1H3. The van der Waals surface area contributed by atoms with Crippen molar-refractivity contribution in [3.05, 3.63) is 28.2 Å². The van der Waals surface area contributed by atoms with Crippen LogP contribution in [0.4, 0.5) is 0 Å². The van der Waals surface area contributed by atoms with E-state index in [4.69, 9.17) is 10.5 Å². The fraction of sp³-hybridized carbons (Fsp3) is 0.455. The monoisotopic (exact) mass is 255 g/mol. The first-order valence-corrected chi connectivity index (χ1v) is 5.63. The van der Waals surface area contributed by atoms with Gasteiger partial charge in [0.1, 0.15) is 5.75 Å². The predicted octanol–water partition coefficient (Wildman–Crippen LogP) is 2.35. The topological polar surface area (TPSA) is 35.2 Å². The number of nitrogens with two attached hydrogens (primary N) is 1. The Morgan fingerprint density at radius 3 is 3.07 bits per heavy atom. The molecule has 1 aliphatic heterocycles. The van der Waals surface area contributed by atoms with E-state index >= 15 is 0 Å². The zero-order valence-corrected chi connectivity index (χ0v) is 9.75. The van der Waals surface area contributed by atoms with Crippen LogP contribution in [0.15, 0.2) is 22.7 Å². The van der Waals surface area contributed by atoms with Crippen molar-refractivity contribution in [2.45, 2.75) is 19.4 Å². The maximum absolute atomic E-state index is 5.86. The average Bonchev–Trinajstić information content (AvgIpc) is 2.16.